The van der Waals surface area contributed by atoms with E-state index in [1.54, 1.807) is 48.5 Å². The van der Waals surface area contributed by atoms with Crippen molar-refractivity contribution in [3.05, 3.63) is 95.1 Å². The van der Waals surface area contributed by atoms with E-state index in [-0.39, 0.29) is 12.8 Å². The Labute approximate surface area is 281 Å². The number of rotatable bonds is 11. The maximum Gasteiger partial charge on any atom is 0.320 e. The molecule has 4 aromatic carbocycles. The van der Waals surface area contributed by atoms with E-state index in [4.69, 9.17) is 32.4 Å². The number of hydrogen-bond donors (Lipinski definition) is 6. The van der Waals surface area contributed by atoms with Gasteiger partial charge < -0.3 is 42.6 Å². The minimum Gasteiger partial charge on any atom is -0.480 e. The van der Waals surface area contributed by atoms with E-state index in [2.05, 4.69) is 0 Å². The minimum absolute atomic E-state index is 0.00699. The summed E-state index contributed by atoms with van der Waals surface area (Å²) in [5.74, 6) is -0.114. The first kappa shape index (κ1) is 35.8. The van der Waals surface area contributed by atoms with E-state index in [0.717, 1.165) is 11.1 Å². The van der Waals surface area contributed by atoms with Crippen LogP contribution in [0.15, 0.2) is 72.8 Å². The van der Waals surface area contributed by atoms with Crippen molar-refractivity contribution in [2.75, 3.05) is 11.5 Å². The van der Waals surface area contributed by atoms with Gasteiger partial charge in [-0.3, -0.25) is 9.59 Å². The molecular weight excluding hydrogens is 608 g/mol. The number of hydrogen-bond acceptors (Lipinski definition) is 8. The SMILES string of the molecule is CC(C)(C)c1c(Oc2ccc(N)cc2)ccc(CC(N)C(=O)O)c1-c1c(CC(N)C(=O)O)ccc(Oc2ccc(N)cc2)c1C(C)(C)C. The van der Waals surface area contributed by atoms with Crippen LogP contribution in [0.2, 0.25) is 0 Å². The Bertz CT molecular complexity index is 1660. The molecule has 4 aromatic rings. The molecule has 2 unspecified atom stereocenters. The van der Waals surface area contributed by atoms with Crippen LogP contribution in [0.3, 0.4) is 0 Å². The molecule has 0 bridgehead atoms. The number of ether oxygens (including phenoxy) is 2. The second kappa shape index (κ2) is 14.0. The van der Waals surface area contributed by atoms with Gasteiger partial charge in [0, 0.05) is 22.5 Å². The first-order chi connectivity index (χ1) is 22.4. The van der Waals surface area contributed by atoms with Crippen LogP contribution in [0, 0.1) is 0 Å². The van der Waals surface area contributed by atoms with Gasteiger partial charge in [0.1, 0.15) is 35.1 Å². The normalized spacial score (nSPS) is 13.1. The molecule has 0 aliphatic rings. The highest BCUT2D eigenvalue weighted by Crippen LogP contribution is 2.50. The van der Waals surface area contributed by atoms with Crippen LogP contribution in [-0.2, 0) is 33.3 Å². The monoisotopic (exact) mass is 654 g/mol. The van der Waals surface area contributed by atoms with Gasteiger partial charge in [-0.2, -0.15) is 0 Å². The summed E-state index contributed by atoms with van der Waals surface area (Å²) in [6, 6.07) is 18.9. The van der Waals surface area contributed by atoms with E-state index in [9.17, 15) is 19.8 Å². The lowest BCUT2D eigenvalue weighted by atomic mass is 9.72. The van der Waals surface area contributed by atoms with Gasteiger partial charge in [-0.25, -0.2) is 0 Å². The van der Waals surface area contributed by atoms with Gasteiger partial charge >= 0.3 is 11.9 Å². The molecule has 0 aliphatic heterocycles. The maximum atomic E-state index is 12.1. The van der Waals surface area contributed by atoms with Crippen molar-refractivity contribution in [2.45, 2.75) is 77.3 Å². The van der Waals surface area contributed by atoms with Gasteiger partial charge in [0.15, 0.2) is 0 Å². The first-order valence-corrected chi connectivity index (χ1v) is 15.7. The molecule has 0 saturated carbocycles. The fourth-order valence-electron chi connectivity index (χ4n) is 5.80. The Morgan fingerprint density at radius 2 is 0.896 bits per heavy atom. The van der Waals surface area contributed by atoms with Crippen LogP contribution in [0.4, 0.5) is 11.4 Å². The quantitative estimate of drug-likeness (QED) is 0.0958. The van der Waals surface area contributed by atoms with Gasteiger partial charge in [0.25, 0.3) is 0 Å². The maximum absolute atomic E-state index is 12.1. The van der Waals surface area contributed by atoms with Crippen LogP contribution in [0.1, 0.15) is 63.8 Å². The van der Waals surface area contributed by atoms with Crippen LogP contribution >= 0.6 is 0 Å². The summed E-state index contributed by atoms with van der Waals surface area (Å²) in [4.78, 5) is 24.2. The molecule has 10 nitrogen and oxygen atoms in total. The summed E-state index contributed by atoms with van der Waals surface area (Å²) in [5, 5.41) is 19.8. The van der Waals surface area contributed by atoms with Gasteiger partial charge in [-0.15, -0.1) is 0 Å². The molecule has 0 aromatic heterocycles. The molecule has 10 N–H and O–H groups in total. The largest absolute Gasteiger partial charge is 0.480 e. The number of carboxylic acid groups (broad SMARTS) is 2. The molecule has 0 radical (unpaired) electrons. The predicted molar refractivity (Wildman–Crippen MR) is 190 cm³/mol. The predicted octanol–water partition coefficient (Wildman–Crippen LogP) is 6.61. The van der Waals surface area contributed by atoms with Crippen molar-refractivity contribution >= 4 is 23.3 Å². The summed E-state index contributed by atoms with van der Waals surface area (Å²) in [6.45, 7) is 12.2. The average Bonchev–Trinajstić information content (AvgIpc) is 2.99. The number of aliphatic carboxylic acids is 2. The Hall–Kier alpha value is -5.06. The number of anilines is 2. The Balaban J connectivity index is 2.17. The van der Waals surface area contributed by atoms with Gasteiger partial charge in [0.05, 0.1) is 0 Å². The smallest absolute Gasteiger partial charge is 0.320 e. The number of benzene rings is 4. The fraction of sp³-hybridized carbons (Fsp3) is 0.316. The van der Waals surface area contributed by atoms with Gasteiger partial charge in [-0.05, 0) is 107 Å². The lowest BCUT2D eigenvalue weighted by molar-refractivity contribution is -0.139. The third-order valence-electron chi connectivity index (χ3n) is 7.99. The van der Waals surface area contributed by atoms with Crippen molar-refractivity contribution in [1.82, 2.24) is 0 Å². The van der Waals surface area contributed by atoms with E-state index in [1.807, 2.05) is 65.8 Å². The van der Waals surface area contributed by atoms with Gasteiger partial charge in [0.2, 0.25) is 0 Å². The molecule has 4 rings (SSSR count). The lowest BCUT2D eigenvalue weighted by Crippen LogP contribution is -2.33. The molecule has 0 amide bonds. The van der Waals surface area contributed by atoms with E-state index < -0.39 is 34.9 Å². The van der Waals surface area contributed by atoms with Crippen LogP contribution in [0.25, 0.3) is 11.1 Å². The van der Waals surface area contributed by atoms with E-state index >= 15 is 0 Å². The number of carboxylic acids is 2. The summed E-state index contributed by atoms with van der Waals surface area (Å²) in [7, 11) is 0. The third-order valence-corrected chi connectivity index (χ3v) is 7.99. The minimum atomic E-state index is -1.21. The second-order valence-electron chi connectivity index (χ2n) is 14.1. The molecular formula is C38H46N4O6. The van der Waals surface area contributed by atoms with Crippen molar-refractivity contribution < 1.29 is 29.3 Å². The Kier molecular flexibility index (Phi) is 10.4. The second-order valence-corrected chi connectivity index (χ2v) is 14.1. The topological polar surface area (TPSA) is 197 Å². The molecule has 0 heterocycles. The molecule has 0 aliphatic carbocycles. The van der Waals surface area contributed by atoms with E-state index in [1.165, 1.54) is 0 Å². The molecule has 0 saturated heterocycles. The average molecular weight is 655 g/mol. The highest BCUT2D eigenvalue weighted by atomic mass is 16.5. The van der Waals surface area contributed by atoms with Crippen LogP contribution in [0.5, 0.6) is 23.0 Å². The summed E-state index contributed by atoms with van der Waals surface area (Å²) < 4.78 is 13.0. The number of nitrogen functional groups attached to an aromatic ring is 2. The summed E-state index contributed by atoms with van der Waals surface area (Å²) >= 11 is 0. The highest BCUT2D eigenvalue weighted by molar-refractivity contribution is 5.85. The zero-order chi connectivity index (χ0) is 35.6. The zero-order valence-electron chi connectivity index (χ0n) is 28.3. The first-order valence-electron chi connectivity index (χ1n) is 15.7. The van der Waals surface area contributed by atoms with Gasteiger partial charge in [-0.1, -0.05) is 53.7 Å². The molecule has 0 spiro atoms. The number of nitrogens with two attached hydrogens (primary N) is 4. The number of carbonyl (C=O) groups is 2. The standard InChI is InChI=1S/C38H46N4O6/c1-37(2,3)33-29(47-25-13-9-23(39)10-14-25)17-7-21(19-27(41)35(43)44)31(33)32-22(20-28(42)36(45)46)8-18-30(34(32)38(4,5)6)48-26-15-11-24(40)12-16-26/h7-18,27-28H,19-20,39-42H2,1-6H3,(H,43,44)(H,45,46). The van der Waals surface area contributed by atoms with Crippen LogP contribution < -0.4 is 32.4 Å². The molecule has 10 heteroatoms. The zero-order valence-corrected chi connectivity index (χ0v) is 28.3. The van der Waals surface area contributed by atoms with Crippen molar-refractivity contribution in [3.63, 3.8) is 0 Å². The molecule has 48 heavy (non-hydrogen) atoms. The fourth-order valence-corrected chi connectivity index (χ4v) is 5.80. The Morgan fingerprint density at radius 1 is 0.583 bits per heavy atom. The van der Waals surface area contributed by atoms with Crippen LogP contribution in [-0.4, -0.2) is 34.2 Å². The summed E-state index contributed by atoms with van der Waals surface area (Å²) in [5.41, 5.74) is 28.5. The Morgan fingerprint density at radius 3 is 1.17 bits per heavy atom. The molecule has 2 atom stereocenters. The van der Waals surface area contributed by atoms with Crippen molar-refractivity contribution in [1.29, 1.82) is 0 Å². The molecule has 0 fully saturated rings. The third kappa shape index (κ3) is 8.26. The highest BCUT2D eigenvalue weighted by Gasteiger charge is 2.34. The molecule has 254 valence electrons. The van der Waals surface area contributed by atoms with E-state index in [0.29, 0.717) is 56.6 Å². The summed E-state index contributed by atoms with van der Waals surface area (Å²) in [6.07, 6.45) is -0.0140. The van der Waals surface area contributed by atoms with Crippen molar-refractivity contribution in [2.24, 2.45) is 11.5 Å². The van der Waals surface area contributed by atoms with Crippen molar-refractivity contribution in [3.8, 4) is 34.1 Å². The lowest BCUT2D eigenvalue weighted by Gasteiger charge is -2.34.